The molecule has 0 spiro atoms. The summed E-state index contributed by atoms with van der Waals surface area (Å²) in [6.07, 6.45) is 1.85. The van der Waals surface area contributed by atoms with E-state index in [0.29, 0.717) is 6.54 Å². The van der Waals surface area contributed by atoms with Crippen LogP contribution in [0, 0.1) is 5.41 Å². The van der Waals surface area contributed by atoms with E-state index in [9.17, 15) is 9.59 Å². The Kier molecular flexibility index (Phi) is 7.68. The summed E-state index contributed by atoms with van der Waals surface area (Å²) in [7, 11) is 1.32. The Bertz CT molecular complexity index is 298. The second-order valence-electron chi connectivity index (χ2n) is 6.12. The van der Waals surface area contributed by atoms with Gasteiger partial charge in [0, 0.05) is 19.0 Å². The Morgan fingerprint density at radius 1 is 1.32 bits per heavy atom. The van der Waals surface area contributed by atoms with Gasteiger partial charge in [0.15, 0.2) is 0 Å². The molecule has 112 valence electrons. The van der Waals surface area contributed by atoms with Gasteiger partial charge in [0.1, 0.15) is 6.54 Å². The van der Waals surface area contributed by atoms with Gasteiger partial charge in [-0.15, -0.1) is 0 Å². The van der Waals surface area contributed by atoms with Crippen molar-refractivity contribution in [2.24, 2.45) is 11.1 Å². The first-order valence-electron chi connectivity index (χ1n) is 6.79. The number of carbonyl (C=O) groups is 2. The largest absolute Gasteiger partial charge is 0.468 e. The van der Waals surface area contributed by atoms with E-state index in [1.165, 1.54) is 12.0 Å². The van der Waals surface area contributed by atoms with Crippen LogP contribution < -0.4 is 5.73 Å². The predicted octanol–water partition coefficient (Wildman–Crippen LogP) is 1.55. The minimum Gasteiger partial charge on any atom is -0.468 e. The molecule has 5 heteroatoms. The summed E-state index contributed by atoms with van der Waals surface area (Å²) in [6, 6.07) is -0.176. The Balaban J connectivity index is 4.43. The van der Waals surface area contributed by atoms with E-state index < -0.39 is 5.97 Å². The number of esters is 1. The number of nitrogens with two attached hydrogens (primary N) is 1. The van der Waals surface area contributed by atoms with E-state index in [-0.39, 0.29) is 30.3 Å². The summed E-state index contributed by atoms with van der Waals surface area (Å²) in [5.41, 5.74) is 6.09. The zero-order valence-corrected chi connectivity index (χ0v) is 12.9. The number of carbonyl (C=O) groups excluding carboxylic acids is 2. The van der Waals surface area contributed by atoms with Crippen molar-refractivity contribution in [2.45, 2.75) is 53.0 Å². The molecule has 1 amide bonds. The van der Waals surface area contributed by atoms with Crippen LogP contribution in [0.1, 0.15) is 47.0 Å². The van der Waals surface area contributed by atoms with E-state index in [1.54, 1.807) is 0 Å². The molecule has 0 aliphatic heterocycles. The van der Waals surface area contributed by atoms with Crippen molar-refractivity contribution in [3.05, 3.63) is 0 Å². The van der Waals surface area contributed by atoms with Crippen LogP contribution in [0.25, 0.3) is 0 Å². The first-order chi connectivity index (χ1) is 8.69. The van der Waals surface area contributed by atoms with Gasteiger partial charge in [-0.2, -0.15) is 0 Å². The summed E-state index contributed by atoms with van der Waals surface area (Å²) in [4.78, 5) is 24.9. The standard InChI is InChI=1S/C14H28N2O3/c1-6-7-16(10-13(18)19-5)12(17)8-11(15)9-14(2,3)4/h11H,6-10,15H2,1-5H3. The molecule has 0 radical (unpaired) electrons. The highest BCUT2D eigenvalue weighted by atomic mass is 16.5. The van der Waals surface area contributed by atoms with Crippen molar-refractivity contribution in [3.63, 3.8) is 0 Å². The molecule has 0 aromatic heterocycles. The molecule has 19 heavy (non-hydrogen) atoms. The summed E-state index contributed by atoms with van der Waals surface area (Å²) >= 11 is 0. The van der Waals surface area contributed by atoms with Gasteiger partial charge in [0.25, 0.3) is 0 Å². The Labute approximate surface area is 116 Å². The molecule has 5 nitrogen and oxygen atoms in total. The van der Waals surface area contributed by atoms with Gasteiger partial charge in [-0.3, -0.25) is 9.59 Å². The molecule has 0 aromatic rings. The number of rotatable bonds is 7. The molecule has 0 heterocycles. The van der Waals surface area contributed by atoms with Gasteiger partial charge in [-0.1, -0.05) is 27.7 Å². The SMILES string of the molecule is CCCN(CC(=O)OC)C(=O)CC(N)CC(C)(C)C. The Morgan fingerprint density at radius 3 is 2.32 bits per heavy atom. The summed E-state index contributed by atoms with van der Waals surface area (Å²) in [5.74, 6) is -0.477. The third-order valence-electron chi connectivity index (χ3n) is 2.71. The van der Waals surface area contributed by atoms with Gasteiger partial charge < -0.3 is 15.4 Å². The number of amides is 1. The molecule has 2 N–H and O–H groups in total. The lowest BCUT2D eigenvalue weighted by Crippen LogP contribution is -2.40. The maximum Gasteiger partial charge on any atom is 0.325 e. The molecular weight excluding hydrogens is 244 g/mol. The number of hydrogen-bond acceptors (Lipinski definition) is 4. The van der Waals surface area contributed by atoms with E-state index >= 15 is 0 Å². The van der Waals surface area contributed by atoms with Gasteiger partial charge in [-0.05, 0) is 18.3 Å². The minimum atomic E-state index is -0.397. The van der Waals surface area contributed by atoms with Gasteiger partial charge in [-0.25, -0.2) is 0 Å². The lowest BCUT2D eigenvalue weighted by atomic mass is 9.87. The molecular formula is C14H28N2O3. The maximum atomic E-state index is 12.1. The fourth-order valence-electron chi connectivity index (χ4n) is 1.99. The quantitative estimate of drug-likeness (QED) is 0.714. The molecule has 0 bridgehead atoms. The highest BCUT2D eigenvalue weighted by Crippen LogP contribution is 2.21. The van der Waals surface area contributed by atoms with E-state index in [0.717, 1.165) is 12.8 Å². The van der Waals surface area contributed by atoms with Crippen LogP contribution in [0.5, 0.6) is 0 Å². The third-order valence-corrected chi connectivity index (χ3v) is 2.71. The van der Waals surface area contributed by atoms with Crippen molar-refractivity contribution in [3.8, 4) is 0 Å². The van der Waals surface area contributed by atoms with Crippen molar-refractivity contribution in [1.82, 2.24) is 4.90 Å². The third kappa shape index (κ3) is 8.59. The average Bonchev–Trinajstić information content (AvgIpc) is 2.25. The highest BCUT2D eigenvalue weighted by molar-refractivity contribution is 5.82. The molecule has 0 saturated carbocycles. The molecule has 0 rings (SSSR count). The molecule has 0 aromatic carbocycles. The fraction of sp³-hybridized carbons (Fsp3) is 0.857. The Morgan fingerprint density at radius 2 is 1.89 bits per heavy atom. The minimum absolute atomic E-state index is 0.00537. The van der Waals surface area contributed by atoms with Crippen LogP contribution in [0.15, 0.2) is 0 Å². The van der Waals surface area contributed by atoms with Gasteiger partial charge in [0.2, 0.25) is 5.91 Å². The first-order valence-corrected chi connectivity index (χ1v) is 6.79. The van der Waals surface area contributed by atoms with E-state index in [4.69, 9.17) is 5.73 Å². The van der Waals surface area contributed by atoms with E-state index in [2.05, 4.69) is 25.5 Å². The van der Waals surface area contributed by atoms with Crippen molar-refractivity contribution >= 4 is 11.9 Å². The van der Waals surface area contributed by atoms with Crippen LogP contribution in [-0.2, 0) is 14.3 Å². The molecule has 0 fully saturated rings. The lowest BCUT2D eigenvalue weighted by Gasteiger charge is -2.26. The maximum absolute atomic E-state index is 12.1. The lowest BCUT2D eigenvalue weighted by molar-refractivity contribution is -0.147. The summed E-state index contributed by atoms with van der Waals surface area (Å²) in [6.45, 7) is 8.80. The van der Waals surface area contributed by atoms with Crippen LogP contribution in [0.4, 0.5) is 0 Å². The van der Waals surface area contributed by atoms with Crippen LogP contribution in [0.3, 0.4) is 0 Å². The first kappa shape index (κ1) is 17.9. The summed E-state index contributed by atoms with van der Waals surface area (Å²) < 4.78 is 4.60. The second-order valence-corrected chi connectivity index (χ2v) is 6.12. The normalized spacial score (nSPS) is 12.9. The van der Waals surface area contributed by atoms with Gasteiger partial charge in [0.05, 0.1) is 7.11 Å². The zero-order chi connectivity index (χ0) is 15.1. The van der Waals surface area contributed by atoms with Crippen molar-refractivity contribution in [1.29, 1.82) is 0 Å². The fourth-order valence-corrected chi connectivity index (χ4v) is 1.99. The highest BCUT2D eigenvalue weighted by Gasteiger charge is 2.22. The van der Waals surface area contributed by atoms with Crippen LogP contribution >= 0.6 is 0 Å². The van der Waals surface area contributed by atoms with Crippen molar-refractivity contribution in [2.75, 3.05) is 20.2 Å². The number of methoxy groups -OCH3 is 1. The molecule has 1 unspecified atom stereocenters. The second kappa shape index (κ2) is 8.15. The molecule has 1 atom stereocenters. The van der Waals surface area contributed by atoms with Crippen LogP contribution in [-0.4, -0.2) is 43.0 Å². The topological polar surface area (TPSA) is 72.6 Å². The molecule has 0 aliphatic rings. The van der Waals surface area contributed by atoms with Gasteiger partial charge >= 0.3 is 5.97 Å². The van der Waals surface area contributed by atoms with Crippen molar-refractivity contribution < 1.29 is 14.3 Å². The number of ether oxygens (including phenoxy) is 1. The number of hydrogen-bond donors (Lipinski definition) is 1. The monoisotopic (exact) mass is 272 g/mol. The van der Waals surface area contributed by atoms with E-state index in [1.807, 2.05) is 6.92 Å². The molecule has 0 aliphatic carbocycles. The zero-order valence-electron chi connectivity index (χ0n) is 12.9. The average molecular weight is 272 g/mol. The Hall–Kier alpha value is -1.10. The predicted molar refractivity (Wildman–Crippen MR) is 75.6 cm³/mol. The van der Waals surface area contributed by atoms with Crippen LogP contribution in [0.2, 0.25) is 0 Å². The smallest absolute Gasteiger partial charge is 0.325 e. The molecule has 0 saturated heterocycles. The number of nitrogens with zero attached hydrogens (tertiary/aromatic N) is 1. The summed E-state index contributed by atoms with van der Waals surface area (Å²) in [5, 5.41) is 0.